The van der Waals surface area contributed by atoms with Gasteiger partial charge in [-0.25, -0.2) is 4.79 Å². The molecule has 9 heteroatoms. The molecule has 9 nitrogen and oxygen atoms in total. The third kappa shape index (κ3) is 9.51. The Morgan fingerprint density at radius 1 is 1.12 bits per heavy atom. The second-order valence-electron chi connectivity index (χ2n) is 8.65. The largest absolute Gasteiger partial charge is 0.466 e. The molecule has 0 fully saturated rings. The van der Waals surface area contributed by atoms with Gasteiger partial charge in [0.05, 0.1) is 13.0 Å². The van der Waals surface area contributed by atoms with Gasteiger partial charge in [-0.3, -0.25) is 14.4 Å². The summed E-state index contributed by atoms with van der Waals surface area (Å²) in [7, 11) is 0. The molecule has 0 heterocycles. The topological polar surface area (TPSA) is 114 Å². The average Bonchev–Trinajstić information content (AvgIpc) is 2.69. The number of carbonyl (C=O) groups excluding carboxylic acids is 4. The Balaban J connectivity index is 3.08. The van der Waals surface area contributed by atoms with Crippen molar-refractivity contribution in [2.75, 3.05) is 19.7 Å². The number of amides is 3. The van der Waals surface area contributed by atoms with E-state index in [1.807, 2.05) is 25.1 Å². The van der Waals surface area contributed by atoms with Crippen LogP contribution in [-0.2, 0) is 23.9 Å². The molecule has 0 saturated heterocycles. The fourth-order valence-electron chi connectivity index (χ4n) is 3.19. The highest BCUT2D eigenvalue weighted by molar-refractivity contribution is 5.92. The molecule has 2 atom stereocenters. The summed E-state index contributed by atoms with van der Waals surface area (Å²) in [6, 6.07) is 5.45. The highest BCUT2D eigenvalue weighted by atomic mass is 16.6. The Morgan fingerprint density at radius 3 is 2.33 bits per heavy atom. The van der Waals surface area contributed by atoms with E-state index in [-0.39, 0.29) is 26.1 Å². The molecule has 0 radical (unpaired) electrons. The van der Waals surface area contributed by atoms with Crippen LogP contribution in [0.15, 0.2) is 24.3 Å². The second-order valence-corrected chi connectivity index (χ2v) is 8.65. The van der Waals surface area contributed by atoms with E-state index in [0.717, 1.165) is 5.56 Å². The van der Waals surface area contributed by atoms with Crippen molar-refractivity contribution >= 4 is 23.9 Å². The molecule has 33 heavy (non-hydrogen) atoms. The predicted octanol–water partition coefficient (Wildman–Crippen LogP) is 2.87. The SMILES string of the molecule is CCOC(=O)CCNC(=O)C(c1cccc(C)c1)N(CC)C(=O)C(C)NC(=O)OC(C)(C)C. The summed E-state index contributed by atoms with van der Waals surface area (Å²) in [5.74, 6) is -1.27. The van der Waals surface area contributed by atoms with Gasteiger partial charge < -0.3 is 25.0 Å². The highest BCUT2D eigenvalue weighted by Gasteiger charge is 2.33. The zero-order valence-electron chi connectivity index (χ0n) is 20.7. The molecular formula is C24H37N3O6. The number of nitrogens with one attached hydrogen (secondary N) is 2. The van der Waals surface area contributed by atoms with Crippen molar-refractivity contribution in [3.8, 4) is 0 Å². The first-order chi connectivity index (χ1) is 15.4. The average molecular weight is 464 g/mol. The monoisotopic (exact) mass is 463 g/mol. The van der Waals surface area contributed by atoms with E-state index >= 15 is 0 Å². The lowest BCUT2D eigenvalue weighted by Crippen LogP contribution is -2.52. The van der Waals surface area contributed by atoms with Crippen molar-refractivity contribution in [1.82, 2.24) is 15.5 Å². The Kier molecular flexibility index (Phi) is 10.8. The quantitative estimate of drug-likeness (QED) is 0.516. The highest BCUT2D eigenvalue weighted by Crippen LogP contribution is 2.23. The van der Waals surface area contributed by atoms with Crippen LogP contribution in [0.4, 0.5) is 4.79 Å². The van der Waals surface area contributed by atoms with E-state index in [1.54, 1.807) is 47.6 Å². The lowest BCUT2D eigenvalue weighted by Gasteiger charge is -2.33. The number of aryl methyl sites for hydroxylation is 1. The molecule has 0 saturated carbocycles. The second kappa shape index (κ2) is 12.8. The molecule has 0 spiro atoms. The summed E-state index contributed by atoms with van der Waals surface area (Å²) < 4.78 is 10.1. The molecule has 2 unspecified atom stereocenters. The molecule has 0 aliphatic carbocycles. The summed E-state index contributed by atoms with van der Waals surface area (Å²) in [5, 5.41) is 5.26. The summed E-state index contributed by atoms with van der Waals surface area (Å²) in [5.41, 5.74) is 0.851. The molecule has 2 N–H and O–H groups in total. The molecule has 3 amide bonds. The number of hydrogen-bond acceptors (Lipinski definition) is 6. The van der Waals surface area contributed by atoms with Gasteiger partial charge in [0, 0.05) is 13.1 Å². The van der Waals surface area contributed by atoms with Crippen LogP contribution in [0.3, 0.4) is 0 Å². The third-order valence-corrected chi connectivity index (χ3v) is 4.58. The molecule has 0 aliphatic heterocycles. The van der Waals surface area contributed by atoms with Gasteiger partial charge >= 0.3 is 12.1 Å². The standard InChI is InChI=1S/C24H37N3O6/c1-8-27(22(30)17(4)26-23(31)33-24(5,6)7)20(18-12-10-11-16(3)15-18)21(29)25-14-13-19(28)32-9-2/h10-12,15,17,20H,8-9,13-14H2,1-7H3,(H,25,29)(H,26,31). The Bertz CT molecular complexity index is 834. The molecule has 1 aromatic rings. The van der Waals surface area contributed by atoms with Crippen LogP contribution in [0.2, 0.25) is 0 Å². The van der Waals surface area contributed by atoms with Crippen LogP contribution in [0.1, 0.15) is 65.1 Å². The van der Waals surface area contributed by atoms with Crippen molar-refractivity contribution < 1.29 is 28.7 Å². The van der Waals surface area contributed by atoms with E-state index in [0.29, 0.717) is 5.56 Å². The van der Waals surface area contributed by atoms with Crippen molar-refractivity contribution in [2.45, 2.75) is 72.6 Å². The van der Waals surface area contributed by atoms with Gasteiger partial charge in [-0.15, -0.1) is 0 Å². The van der Waals surface area contributed by atoms with Gasteiger partial charge in [-0.05, 0) is 54.0 Å². The van der Waals surface area contributed by atoms with E-state index in [4.69, 9.17) is 9.47 Å². The summed E-state index contributed by atoms with van der Waals surface area (Å²) in [4.78, 5) is 51.6. The maximum absolute atomic E-state index is 13.2. The molecule has 0 bridgehead atoms. The van der Waals surface area contributed by atoms with Gasteiger partial charge in [-0.2, -0.15) is 0 Å². The van der Waals surface area contributed by atoms with E-state index in [1.165, 1.54) is 4.90 Å². The lowest BCUT2D eigenvalue weighted by atomic mass is 10.0. The van der Waals surface area contributed by atoms with Crippen LogP contribution in [0.25, 0.3) is 0 Å². The molecule has 184 valence electrons. The van der Waals surface area contributed by atoms with Crippen LogP contribution >= 0.6 is 0 Å². The van der Waals surface area contributed by atoms with Crippen LogP contribution < -0.4 is 10.6 Å². The summed E-state index contributed by atoms with van der Waals surface area (Å²) in [6.45, 7) is 12.7. The Morgan fingerprint density at radius 2 is 1.79 bits per heavy atom. The number of likely N-dealkylation sites (N-methyl/N-ethyl adjacent to an activating group) is 1. The minimum Gasteiger partial charge on any atom is -0.466 e. The molecule has 1 rings (SSSR count). The molecular weight excluding hydrogens is 426 g/mol. The first-order valence-corrected chi connectivity index (χ1v) is 11.2. The van der Waals surface area contributed by atoms with Gasteiger partial charge in [-0.1, -0.05) is 29.8 Å². The number of hydrogen-bond donors (Lipinski definition) is 2. The number of nitrogens with zero attached hydrogens (tertiary/aromatic N) is 1. The van der Waals surface area contributed by atoms with Crippen molar-refractivity contribution in [3.05, 3.63) is 35.4 Å². The van der Waals surface area contributed by atoms with E-state index in [9.17, 15) is 19.2 Å². The van der Waals surface area contributed by atoms with Crippen LogP contribution in [0.5, 0.6) is 0 Å². The van der Waals surface area contributed by atoms with Crippen molar-refractivity contribution in [1.29, 1.82) is 0 Å². The number of ether oxygens (including phenoxy) is 2. The molecule has 0 aliphatic rings. The number of rotatable bonds is 10. The fraction of sp³-hybridized carbons (Fsp3) is 0.583. The number of alkyl carbamates (subject to hydrolysis) is 1. The first kappa shape index (κ1) is 27.9. The van der Waals surface area contributed by atoms with Crippen molar-refractivity contribution in [2.24, 2.45) is 0 Å². The Labute approximate surface area is 196 Å². The molecule has 0 aromatic heterocycles. The first-order valence-electron chi connectivity index (χ1n) is 11.2. The lowest BCUT2D eigenvalue weighted by molar-refractivity contribution is -0.144. The van der Waals surface area contributed by atoms with Crippen LogP contribution in [0, 0.1) is 6.92 Å². The maximum Gasteiger partial charge on any atom is 0.408 e. The van der Waals surface area contributed by atoms with Crippen molar-refractivity contribution in [3.63, 3.8) is 0 Å². The summed E-state index contributed by atoms with van der Waals surface area (Å²) >= 11 is 0. The van der Waals surface area contributed by atoms with E-state index < -0.39 is 41.6 Å². The normalized spacial score (nSPS) is 12.8. The predicted molar refractivity (Wildman–Crippen MR) is 124 cm³/mol. The van der Waals surface area contributed by atoms with Gasteiger partial charge in [0.15, 0.2) is 0 Å². The minimum atomic E-state index is -0.938. The third-order valence-electron chi connectivity index (χ3n) is 4.58. The van der Waals surface area contributed by atoms with Gasteiger partial charge in [0.2, 0.25) is 11.8 Å². The van der Waals surface area contributed by atoms with E-state index in [2.05, 4.69) is 10.6 Å². The Hall–Kier alpha value is -3.10. The number of benzene rings is 1. The number of esters is 1. The molecule has 1 aromatic carbocycles. The minimum absolute atomic E-state index is 0.0246. The summed E-state index contributed by atoms with van der Waals surface area (Å²) in [6.07, 6.45) is -0.693. The van der Waals surface area contributed by atoms with Crippen LogP contribution in [-0.4, -0.2) is 60.1 Å². The van der Waals surface area contributed by atoms with Gasteiger partial charge in [0.1, 0.15) is 17.7 Å². The zero-order chi connectivity index (χ0) is 25.2. The van der Waals surface area contributed by atoms with Gasteiger partial charge in [0.25, 0.3) is 0 Å². The zero-order valence-corrected chi connectivity index (χ0v) is 20.7. The maximum atomic E-state index is 13.2. The fourth-order valence-corrected chi connectivity index (χ4v) is 3.19. The number of carbonyl (C=O) groups is 4. The smallest absolute Gasteiger partial charge is 0.408 e.